The third-order valence-electron chi connectivity index (χ3n) is 2.59. The van der Waals surface area contributed by atoms with Crippen LogP contribution in [-0.4, -0.2) is 46.9 Å². The number of imidazole rings is 1. The Morgan fingerprint density at radius 2 is 2.28 bits per heavy atom. The van der Waals surface area contributed by atoms with Crippen LogP contribution in [0.5, 0.6) is 0 Å². The molecule has 0 unspecified atom stereocenters. The molecular weight excluding hydrogens is 234 g/mol. The summed E-state index contributed by atoms with van der Waals surface area (Å²) in [6.45, 7) is 5.18. The lowest BCUT2D eigenvalue weighted by Gasteiger charge is -2.25. The Morgan fingerprint density at radius 3 is 2.72 bits per heavy atom. The van der Waals surface area contributed by atoms with Crippen LogP contribution in [0, 0.1) is 0 Å². The standard InChI is InChI=1S/C12H17N3O3/c1-8(2)11(16)15(3)10(12(17)18-4)5-9-6-13-7-14-9/h6-7,10H,1,5H2,2-4H3,(H,13,14)/t10-/m0/s1. The van der Waals surface area contributed by atoms with E-state index in [1.807, 2.05) is 0 Å². The number of aromatic amines is 1. The van der Waals surface area contributed by atoms with Gasteiger partial charge in [0.2, 0.25) is 5.91 Å². The van der Waals surface area contributed by atoms with Crippen LogP contribution in [0.25, 0.3) is 0 Å². The van der Waals surface area contributed by atoms with Gasteiger partial charge in [-0.15, -0.1) is 0 Å². The van der Waals surface area contributed by atoms with Crippen LogP contribution in [0.3, 0.4) is 0 Å². The number of carbonyl (C=O) groups excluding carboxylic acids is 2. The molecule has 18 heavy (non-hydrogen) atoms. The monoisotopic (exact) mass is 251 g/mol. The van der Waals surface area contributed by atoms with Gasteiger partial charge in [-0.25, -0.2) is 9.78 Å². The Kier molecular flexibility index (Phi) is 4.65. The second-order valence-corrected chi connectivity index (χ2v) is 4.02. The van der Waals surface area contributed by atoms with Crippen molar-refractivity contribution in [2.75, 3.05) is 14.2 Å². The summed E-state index contributed by atoms with van der Waals surface area (Å²) in [4.78, 5) is 31.6. The van der Waals surface area contributed by atoms with Crippen molar-refractivity contribution in [3.05, 3.63) is 30.4 Å². The zero-order valence-electron chi connectivity index (χ0n) is 10.8. The zero-order valence-corrected chi connectivity index (χ0v) is 10.8. The topological polar surface area (TPSA) is 75.3 Å². The minimum absolute atomic E-state index is 0.287. The van der Waals surface area contributed by atoms with Crippen molar-refractivity contribution in [1.29, 1.82) is 0 Å². The number of methoxy groups -OCH3 is 1. The number of nitrogens with zero attached hydrogens (tertiary/aromatic N) is 2. The minimum Gasteiger partial charge on any atom is -0.467 e. The molecule has 0 spiro atoms. The van der Waals surface area contributed by atoms with E-state index in [9.17, 15) is 9.59 Å². The van der Waals surface area contributed by atoms with Crippen molar-refractivity contribution in [1.82, 2.24) is 14.9 Å². The van der Waals surface area contributed by atoms with Gasteiger partial charge in [-0.05, 0) is 6.92 Å². The van der Waals surface area contributed by atoms with E-state index in [4.69, 9.17) is 4.74 Å². The highest BCUT2D eigenvalue weighted by Gasteiger charge is 2.28. The minimum atomic E-state index is -0.695. The van der Waals surface area contributed by atoms with Gasteiger partial charge in [0.1, 0.15) is 6.04 Å². The lowest BCUT2D eigenvalue weighted by atomic mass is 10.1. The van der Waals surface area contributed by atoms with Crippen molar-refractivity contribution in [2.45, 2.75) is 19.4 Å². The summed E-state index contributed by atoms with van der Waals surface area (Å²) < 4.78 is 4.72. The van der Waals surface area contributed by atoms with E-state index in [1.165, 1.54) is 18.3 Å². The first-order chi connectivity index (χ1) is 8.47. The molecule has 0 aliphatic heterocycles. The van der Waals surface area contributed by atoms with Crippen molar-refractivity contribution >= 4 is 11.9 Å². The molecule has 0 bridgehead atoms. The molecule has 0 aromatic carbocycles. The molecule has 1 atom stereocenters. The Bertz CT molecular complexity index is 439. The number of esters is 1. The summed E-state index contributed by atoms with van der Waals surface area (Å²) >= 11 is 0. The molecule has 98 valence electrons. The number of ether oxygens (including phenoxy) is 1. The summed E-state index contributed by atoms with van der Waals surface area (Å²) in [5, 5.41) is 0. The lowest BCUT2D eigenvalue weighted by Crippen LogP contribution is -2.44. The number of hydrogen-bond donors (Lipinski definition) is 1. The van der Waals surface area contributed by atoms with Crippen LogP contribution in [0.2, 0.25) is 0 Å². The molecule has 1 heterocycles. The molecule has 1 N–H and O–H groups in total. The van der Waals surface area contributed by atoms with Gasteiger partial charge in [0.05, 0.1) is 13.4 Å². The normalized spacial score (nSPS) is 11.7. The number of nitrogens with one attached hydrogen (secondary N) is 1. The highest BCUT2D eigenvalue weighted by molar-refractivity contribution is 5.95. The maximum atomic E-state index is 11.8. The molecule has 6 nitrogen and oxygen atoms in total. The maximum absolute atomic E-state index is 11.8. The van der Waals surface area contributed by atoms with E-state index in [0.717, 1.165) is 5.69 Å². The highest BCUT2D eigenvalue weighted by atomic mass is 16.5. The molecule has 1 amide bonds. The molecule has 1 aromatic rings. The first-order valence-electron chi connectivity index (χ1n) is 5.45. The second-order valence-electron chi connectivity index (χ2n) is 4.02. The predicted molar refractivity (Wildman–Crippen MR) is 65.7 cm³/mol. The third-order valence-corrected chi connectivity index (χ3v) is 2.59. The lowest BCUT2D eigenvalue weighted by molar-refractivity contribution is -0.150. The van der Waals surface area contributed by atoms with Gasteiger partial charge in [-0.2, -0.15) is 0 Å². The Morgan fingerprint density at radius 1 is 1.61 bits per heavy atom. The molecule has 1 aromatic heterocycles. The fourth-order valence-corrected chi connectivity index (χ4v) is 1.56. The molecule has 0 aliphatic rings. The Hall–Kier alpha value is -2.11. The number of rotatable bonds is 5. The van der Waals surface area contributed by atoms with E-state index in [-0.39, 0.29) is 5.91 Å². The van der Waals surface area contributed by atoms with Gasteiger partial charge in [-0.1, -0.05) is 6.58 Å². The number of aromatic nitrogens is 2. The van der Waals surface area contributed by atoms with Crippen molar-refractivity contribution in [3.63, 3.8) is 0 Å². The van der Waals surface area contributed by atoms with E-state index in [0.29, 0.717) is 12.0 Å². The average molecular weight is 251 g/mol. The molecule has 0 radical (unpaired) electrons. The number of amides is 1. The number of carbonyl (C=O) groups is 2. The fraction of sp³-hybridized carbons (Fsp3) is 0.417. The van der Waals surface area contributed by atoms with Crippen LogP contribution in [-0.2, 0) is 20.7 Å². The number of likely N-dealkylation sites (N-methyl/N-ethyl adjacent to an activating group) is 1. The fourth-order valence-electron chi connectivity index (χ4n) is 1.56. The molecule has 0 fully saturated rings. The Labute approximate surface area is 106 Å². The van der Waals surface area contributed by atoms with E-state index in [2.05, 4.69) is 16.5 Å². The third kappa shape index (κ3) is 3.19. The van der Waals surface area contributed by atoms with Crippen LogP contribution in [0.1, 0.15) is 12.6 Å². The van der Waals surface area contributed by atoms with Crippen molar-refractivity contribution < 1.29 is 14.3 Å². The van der Waals surface area contributed by atoms with Gasteiger partial charge in [0, 0.05) is 30.9 Å². The van der Waals surface area contributed by atoms with Gasteiger partial charge < -0.3 is 14.6 Å². The van der Waals surface area contributed by atoms with Crippen LogP contribution in [0.4, 0.5) is 0 Å². The summed E-state index contributed by atoms with van der Waals surface area (Å²) in [6, 6.07) is -0.695. The van der Waals surface area contributed by atoms with E-state index in [1.54, 1.807) is 20.2 Å². The summed E-state index contributed by atoms with van der Waals surface area (Å²) in [7, 11) is 2.84. The van der Waals surface area contributed by atoms with Gasteiger partial charge in [0.25, 0.3) is 0 Å². The summed E-state index contributed by atoms with van der Waals surface area (Å²) in [5.74, 6) is -0.758. The zero-order chi connectivity index (χ0) is 13.7. The first-order valence-corrected chi connectivity index (χ1v) is 5.45. The largest absolute Gasteiger partial charge is 0.467 e. The molecule has 0 saturated carbocycles. The second kappa shape index (κ2) is 6.00. The number of H-pyrrole nitrogens is 1. The average Bonchev–Trinajstić information content (AvgIpc) is 2.86. The number of hydrogen-bond acceptors (Lipinski definition) is 4. The first kappa shape index (κ1) is 14.0. The highest BCUT2D eigenvalue weighted by Crippen LogP contribution is 2.09. The van der Waals surface area contributed by atoms with Gasteiger partial charge >= 0.3 is 5.97 Å². The van der Waals surface area contributed by atoms with E-state index < -0.39 is 12.0 Å². The molecule has 0 saturated heterocycles. The van der Waals surface area contributed by atoms with Crippen LogP contribution >= 0.6 is 0 Å². The predicted octanol–water partition coefficient (Wildman–Crippen LogP) is 0.528. The summed E-state index contributed by atoms with van der Waals surface area (Å²) in [6.07, 6.45) is 3.45. The smallest absolute Gasteiger partial charge is 0.328 e. The Balaban J connectivity index is 2.88. The van der Waals surface area contributed by atoms with Crippen LogP contribution < -0.4 is 0 Å². The van der Waals surface area contributed by atoms with Gasteiger partial charge in [0.15, 0.2) is 0 Å². The molecular formula is C12H17N3O3. The van der Waals surface area contributed by atoms with Crippen molar-refractivity contribution in [3.8, 4) is 0 Å². The molecule has 1 rings (SSSR count). The molecule has 0 aliphatic carbocycles. The summed E-state index contributed by atoms with van der Waals surface area (Å²) in [5.41, 5.74) is 1.13. The molecule has 6 heteroatoms. The van der Waals surface area contributed by atoms with Crippen molar-refractivity contribution in [2.24, 2.45) is 0 Å². The van der Waals surface area contributed by atoms with Crippen LogP contribution in [0.15, 0.2) is 24.7 Å². The van der Waals surface area contributed by atoms with E-state index >= 15 is 0 Å². The maximum Gasteiger partial charge on any atom is 0.328 e. The SMILES string of the molecule is C=C(C)C(=O)N(C)[C@@H](Cc1cnc[nH]1)C(=O)OC. The van der Waals surface area contributed by atoms with Gasteiger partial charge in [-0.3, -0.25) is 4.79 Å². The quantitative estimate of drug-likeness (QED) is 0.612.